The van der Waals surface area contributed by atoms with Gasteiger partial charge in [-0.1, -0.05) is 0 Å². The van der Waals surface area contributed by atoms with Crippen molar-refractivity contribution < 1.29 is 4.79 Å². The molecule has 1 aromatic rings. The molecule has 0 bridgehead atoms. The SMILES string of the molecule is CN(CCN)C(=O)c1cn(C)cn1. The molecule has 1 heterocycles. The Morgan fingerprint density at radius 2 is 2.46 bits per heavy atom. The Hall–Kier alpha value is -1.36. The van der Waals surface area contributed by atoms with Gasteiger partial charge in [-0.15, -0.1) is 0 Å². The number of carbonyl (C=O) groups is 1. The second kappa shape index (κ2) is 4.04. The second-order valence-electron chi connectivity index (χ2n) is 2.94. The van der Waals surface area contributed by atoms with E-state index in [0.717, 1.165) is 0 Å². The number of aromatic nitrogens is 2. The molecule has 1 aromatic heterocycles. The van der Waals surface area contributed by atoms with E-state index in [1.165, 1.54) is 0 Å². The van der Waals surface area contributed by atoms with E-state index in [4.69, 9.17) is 5.73 Å². The lowest BCUT2D eigenvalue weighted by molar-refractivity contribution is 0.0793. The van der Waals surface area contributed by atoms with Crippen molar-refractivity contribution in [3.63, 3.8) is 0 Å². The van der Waals surface area contributed by atoms with E-state index in [2.05, 4.69) is 4.98 Å². The Bertz CT molecular complexity index is 294. The Labute approximate surface area is 77.2 Å². The van der Waals surface area contributed by atoms with Crippen LogP contribution in [-0.2, 0) is 7.05 Å². The van der Waals surface area contributed by atoms with Crippen molar-refractivity contribution in [3.8, 4) is 0 Å². The first-order chi connectivity index (χ1) is 6.15. The standard InChI is InChI=1S/C8H14N4O/c1-11-5-7(10-6-11)8(13)12(2)4-3-9/h5-6H,3-4,9H2,1-2H3. The number of hydrogen-bond donors (Lipinski definition) is 1. The van der Waals surface area contributed by atoms with Crippen LogP contribution in [0.3, 0.4) is 0 Å². The normalized spacial score (nSPS) is 10.1. The Balaban J connectivity index is 2.67. The fraction of sp³-hybridized carbons (Fsp3) is 0.500. The third-order valence-corrected chi connectivity index (χ3v) is 1.74. The van der Waals surface area contributed by atoms with Crippen LogP contribution in [0.5, 0.6) is 0 Å². The third kappa shape index (κ3) is 2.29. The van der Waals surface area contributed by atoms with Crippen molar-refractivity contribution in [1.29, 1.82) is 0 Å². The van der Waals surface area contributed by atoms with Crippen LogP contribution in [0, 0.1) is 0 Å². The molecule has 1 amide bonds. The summed E-state index contributed by atoms with van der Waals surface area (Å²) in [7, 11) is 3.54. The van der Waals surface area contributed by atoms with Gasteiger partial charge >= 0.3 is 0 Å². The molecule has 72 valence electrons. The number of nitrogens with two attached hydrogens (primary N) is 1. The molecule has 0 unspecified atom stereocenters. The van der Waals surface area contributed by atoms with Crippen LogP contribution >= 0.6 is 0 Å². The van der Waals surface area contributed by atoms with Gasteiger partial charge < -0.3 is 15.2 Å². The van der Waals surface area contributed by atoms with Gasteiger partial charge in [0, 0.05) is 33.4 Å². The molecule has 13 heavy (non-hydrogen) atoms. The van der Waals surface area contributed by atoms with Crippen molar-refractivity contribution in [2.24, 2.45) is 12.8 Å². The predicted octanol–water partition coefficient (Wildman–Crippen LogP) is -0.549. The topological polar surface area (TPSA) is 64.2 Å². The molecule has 0 radical (unpaired) electrons. The van der Waals surface area contributed by atoms with Gasteiger partial charge in [0.15, 0.2) is 0 Å². The number of carbonyl (C=O) groups excluding carboxylic acids is 1. The average Bonchev–Trinajstić information content (AvgIpc) is 2.51. The number of imidazole rings is 1. The molecule has 0 aliphatic carbocycles. The van der Waals surface area contributed by atoms with Crippen molar-refractivity contribution in [2.75, 3.05) is 20.1 Å². The van der Waals surface area contributed by atoms with Crippen molar-refractivity contribution >= 4 is 5.91 Å². The highest BCUT2D eigenvalue weighted by Gasteiger charge is 2.12. The van der Waals surface area contributed by atoms with Crippen molar-refractivity contribution in [3.05, 3.63) is 18.2 Å². The zero-order valence-electron chi connectivity index (χ0n) is 7.90. The van der Waals surface area contributed by atoms with Crippen LogP contribution in [-0.4, -0.2) is 40.5 Å². The summed E-state index contributed by atoms with van der Waals surface area (Å²) in [6.45, 7) is 1.02. The molecule has 0 aromatic carbocycles. The molecule has 1 rings (SSSR count). The zero-order valence-corrected chi connectivity index (χ0v) is 7.90. The van der Waals surface area contributed by atoms with E-state index in [1.54, 1.807) is 29.0 Å². The van der Waals surface area contributed by atoms with E-state index >= 15 is 0 Å². The van der Waals surface area contributed by atoms with Crippen LogP contribution in [0.2, 0.25) is 0 Å². The van der Waals surface area contributed by atoms with E-state index in [1.807, 2.05) is 7.05 Å². The highest BCUT2D eigenvalue weighted by Crippen LogP contribution is 1.98. The Morgan fingerprint density at radius 3 is 2.92 bits per heavy atom. The molecule has 0 spiro atoms. The maximum Gasteiger partial charge on any atom is 0.273 e. The zero-order chi connectivity index (χ0) is 9.84. The highest BCUT2D eigenvalue weighted by atomic mass is 16.2. The molecular formula is C8H14N4O. The number of hydrogen-bond acceptors (Lipinski definition) is 3. The lowest BCUT2D eigenvalue weighted by Gasteiger charge is -2.13. The van der Waals surface area contributed by atoms with Crippen molar-refractivity contribution in [2.45, 2.75) is 0 Å². The summed E-state index contributed by atoms with van der Waals surface area (Å²) < 4.78 is 1.74. The van der Waals surface area contributed by atoms with Crippen molar-refractivity contribution in [1.82, 2.24) is 14.5 Å². The molecule has 0 atom stereocenters. The van der Waals surface area contributed by atoms with Crippen LogP contribution in [0.1, 0.15) is 10.5 Å². The Kier molecular flexibility index (Phi) is 3.02. The fourth-order valence-electron chi connectivity index (χ4n) is 1.01. The second-order valence-corrected chi connectivity index (χ2v) is 2.94. The molecule has 0 saturated carbocycles. The van der Waals surface area contributed by atoms with Gasteiger partial charge in [-0.2, -0.15) is 0 Å². The molecule has 0 aliphatic rings. The first-order valence-electron chi connectivity index (χ1n) is 4.08. The lowest BCUT2D eigenvalue weighted by atomic mass is 10.4. The smallest absolute Gasteiger partial charge is 0.273 e. The first-order valence-corrected chi connectivity index (χ1v) is 4.08. The minimum absolute atomic E-state index is 0.0916. The number of aryl methyl sites for hydroxylation is 1. The van der Waals surface area contributed by atoms with Gasteiger partial charge in [0.1, 0.15) is 5.69 Å². The summed E-state index contributed by atoms with van der Waals surface area (Å²) in [5.74, 6) is -0.0916. The maximum atomic E-state index is 11.5. The van der Waals surface area contributed by atoms with Gasteiger partial charge in [-0.25, -0.2) is 4.98 Å². The van der Waals surface area contributed by atoms with Gasteiger partial charge in [0.2, 0.25) is 0 Å². The molecule has 2 N–H and O–H groups in total. The summed E-state index contributed by atoms with van der Waals surface area (Å²) >= 11 is 0. The van der Waals surface area contributed by atoms with E-state index in [0.29, 0.717) is 18.8 Å². The number of likely N-dealkylation sites (N-methyl/N-ethyl adjacent to an activating group) is 1. The predicted molar refractivity (Wildman–Crippen MR) is 49.2 cm³/mol. The van der Waals surface area contributed by atoms with Crippen LogP contribution in [0.15, 0.2) is 12.5 Å². The number of rotatable bonds is 3. The maximum absolute atomic E-state index is 11.5. The minimum Gasteiger partial charge on any atom is -0.340 e. The summed E-state index contributed by atoms with van der Waals surface area (Å²) in [5, 5.41) is 0. The van der Waals surface area contributed by atoms with Gasteiger partial charge in [0.05, 0.1) is 6.33 Å². The Morgan fingerprint density at radius 1 is 1.77 bits per heavy atom. The summed E-state index contributed by atoms with van der Waals surface area (Å²) in [4.78, 5) is 17.1. The quantitative estimate of drug-likeness (QED) is 0.682. The van der Waals surface area contributed by atoms with Crippen LogP contribution < -0.4 is 5.73 Å². The minimum atomic E-state index is -0.0916. The first kappa shape index (κ1) is 9.73. The summed E-state index contributed by atoms with van der Waals surface area (Å²) in [5.41, 5.74) is 5.79. The van der Waals surface area contributed by atoms with E-state index in [9.17, 15) is 4.79 Å². The largest absolute Gasteiger partial charge is 0.340 e. The fourth-order valence-corrected chi connectivity index (χ4v) is 1.01. The molecule has 0 fully saturated rings. The third-order valence-electron chi connectivity index (χ3n) is 1.74. The van der Waals surface area contributed by atoms with Gasteiger partial charge in [-0.05, 0) is 0 Å². The summed E-state index contributed by atoms with van der Waals surface area (Å²) in [6.07, 6.45) is 3.29. The van der Waals surface area contributed by atoms with Crippen LogP contribution in [0.25, 0.3) is 0 Å². The lowest BCUT2D eigenvalue weighted by Crippen LogP contribution is -2.31. The molecular weight excluding hydrogens is 168 g/mol. The number of amides is 1. The molecule has 5 heteroatoms. The molecule has 0 aliphatic heterocycles. The highest BCUT2D eigenvalue weighted by molar-refractivity contribution is 5.91. The van der Waals surface area contributed by atoms with E-state index < -0.39 is 0 Å². The summed E-state index contributed by atoms with van der Waals surface area (Å²) in [6, 6.07) is 0. The average molecular weight is 182 g/mol. The van der Waals surface area contributed by atoms with Gasteiger partial charge in [-0.3, -0.25) is 4.79 Å². The molecule has 0 saturated heterocycles. The molecule has 5 nitrogen and oxygen atoms in total. The van der Waals surface area contributed by atoms with E-state index in [-0.39, 0.29) is 5.91 Å². The van der Waals surface area contributed by atoms with Gasteiger partial charge in [0.25, 0.3) is 5.91 Å². The monoisotopic (exact) mass is 182 g/mol. The number of nitrogens with zero attached hydrogens (tertiary/aromatic N) is 3. The van der Waals surface area contributed by atoms with Crippen LogP contribution in [0.4, 0.5) is 0 Å².